The number of aromatic nitrogens is 3. The highest BCUT2D eigenvalue weighted by molar-refractivity contribution is 7.98. The van der Waals surface area contributed by atoms with E-state index in [1.165, 1.54) is 29.0 Å². The van der Waals surface area contributed by atoms with Crippen LogP contribution in [-0.4, -0.2) is 20.7 Å². The Hall–Kier alpha value is -3.91. The smallest absolute Gasteiger partial charge is 0.255 e. The summed E-state index contributed by atoms with van der Waals surface area (Å²) >= 11 is 1.50. The molecule has 4 aromatic rings. The van der Waals surface area contributed by atoms with E-state index in [0.29, 0.717) is 39.4 Å². The maximum Gasteiger partial charge on any atom is 0.255 e. The first-order valence-corrected chi connectivity index (χ1v) is 12.2. The second kappa shape index (κ2) is 9.76. The molecule has 1 amide bonds. The maximum absolute atomic E-state index is 15.0. The van der Waals surface area contributed by atoms with Crippen LogP contribution in [0.3, 0.4) is 0 Å². The SMILES string of the molecule is CC1=C(C(=O)Nc2ccccc2)[C@@H](c2ccccc2F)n2nc(SCc3ccccc3C)nc2N1. The number of carbonyl (C=O) groups excluding carboxylic acids is 1. The molecule has 1 atom stereocenters. The Morgan fingerprint density at radius 1 is 1.03 bits per heavy atom. The molecule has 1 aromatic heterocycles. The van der Waals surface area contributed by atoms with Crippen molar-refractivity contribution in [3.05, 3.63) is 113 Å². The molecule has 6 nitrogen and oxygen atoms in total. The van der Waals surface area contributed by atoms with E-state index in [0.717, 1.165) is 0 Å². The Kier molecular flexibility index (Phi) is 6.37. The first-order chi connectivity index (χ1) is 17.0. The van der Waals surface area contributed by atoms with E-state index >= 15 is 4.39 Å². The first-order valence-electron chi connectivity index (χ1n) is 11.2. The van der Waals surface area contributed by atoms with Gasteiger partial charge in [-0.05, 0) is 43.2 Å². The normalized spacial score (nSPS) is 14.9. The van der Waals surface area contributed by atoms with Crippen molar-refractivity contribution in [1.29, 1.82) is 0 Å². The lowest BCUT2D eigenvalue weighted by Gasteiger charge is -2.28. The summed E-state index contributed by atoms with van der Waals surface area (Å²) < 4.78 is 16.6. The zero-order valence-electron chi connectivity index (χ0n) is 19.3. The van der Waals surface area contributed by atoms with Gasteiger partial charge in [0.25, 0.3) is 5.91 Å². The molecule has 0 saturated heterocycles. The molecule has 8 heteroatoms. The molecule has 5 rings (SSSR count). The minimum absolute atomic E-state index is 0.329. The summed E-state index contributed by atoms with van der Waals surface area (Å²) in [6, 6.07) is 23.0. The topological polar surface area (TPSA) is 71.8 Å². The monoisotopic (exact) mass is 485 g/mol. The number of carbonyl (C=O) groups is 1. The fourth-order valence-corrected chi connectivity index (χ4v) is 5.01. The molecule has 35 heavy (non-hydrogen) atoms. The van der Waals surface area contributed by atoms with Crippen molar-refractivity contribution in [3.63, 3.8) is 0 Å². The van der Waals surface area contributed by atoms with E-state index in [1.807, 2.05) is 42.5 Å². The zero-order chi connectivity index (χ0) is 24.4. The van der Waals surface area contributed by atoms with Crippen LogP contribution in [0.2, 0.25) is 0 Å². The molecular formula is C27H24FN5OS. The second-order valence-electron chi connectivity index (χ2n) is 8.29. The Morgan fingerprint density at radius 2 is 1.74 bits per heavy atom. The van der Waals surface area contributed by atoms with E-state index in [4.69, 9.17) is 5.10 Å². The second-order valence-corrected chi connectivity index (χ2v) is 9.23. The Morgan fingerprint density at radius 3 is 2.51 bits per heavy atom. The Bertz CT molecular complexity index is 1420. The quantitative estimate of drug-likeness (QED) is 0.331. The number of hydrogen-bond acceptors (Lipinski definition) is 5. The Balaban J connectivity index is 1.51. The number of anilines is 2. The van der Waals surface area contributed by atoms with Gasteiger partial charge in [0.05, 0.1) is 5.57 Å². The van der Waals surface area contributed by atoms with E-state index in [9.17, 15) is 4.79 Å². The van der Waals surface area contributed by atoms with Crippen molar-refractivity contribution in [2.75, 3.05) is 10.6 Å². The number of nitrogens with zero attached hydrogens (tertiary/aromatic N) is 3. The summed E-state index contributed by atoms with van der Waals surface area (Å²) in [5.74, 6) is 0.436. The summed E-state index contributed by atoms with van der Waals surface area (Å²) in [6.07, 6.45) is 0. The number of hydrogen-bond donors (Lipinski definition) is 2. The van der Waals surface area contributed by atoms with Gasteiger partial charge in [-0.1, -0.05) is 72.4 Å². The van der Waals surface area contributed by atoms with Crippen LogP contribution >= 0.6 is 11.8 Å². The molecule has 0 unspecified atom stereocenters. The third kappa shape index (κ3) is 4.70. The molecule has 3 aromatic carbocycles. The van der Waals surface area contributed by atoms with Crippen molar-refractivity contribution in [3.8, 4) is 0 Å². The number of thioether (sulfide) groups is 1. The van der Waals surface area contributed by atoms with Gasteiger partial charge in [-0.25, -0.2) is 9.07 Å². The summed E-state index contributed by atoms with van der Waals surface area (Å²) in [5, 5.41) is 11.4. The van der Waals surface area contributed by atoms with Gasteiger partial charge in [0.1, 0.15) is 11.9 Å². The molecule has 0 fully saturated rings. The van der Waals surface area contributed by atoms with E-state index in [-0.39, 0.29) is 5.91 Å². The average molecular weight is 486 g/mol. The third-order valence-electron chi connectivity index (χ3n) is 5.93. The lowest BCUT2D eigenvalue weighted by Crippen LogP contribution is -2.32. The first kappa shape index (κ1) is 22.9. The van der Waals surface area contributed by atoms with Crippen LogP contribution in [0, 0.1) is 12.7 Å². The van der Waals surface area contributed by atoms with Gasteiger partial charge in [0, 0.05) is 22.7 Å². The van der Waals surface area contributed by atoms with Gasteiger partial charge in [0.2, 0.25) is 11.1 Å². The predicted molar refractivity (Wildman–Crippen MR) is 137 cm³/mol. The lowest BCUT2D eigenvalue weighted by molar-refractivity contribution is -0.113. The number of aryl methyl sites for hydroxylation is 1. The number of amides is 1. The van der Waals surface area contributed by atoms with Crippen LogP contribution < -0.4 is 10.6 Å². The van der Waals surface area contributed by atoms with Crippen molar-refractivity contribution in [2.45, 2.75) is 30.8 Å². The van der Waals surface area contributed by atoms with Crippen LogP contribution in [0.5, 0.6) is 0 Å². The van der Waals surface area contributed by atoms with Crippen LogP contribution in [0.25, 0.3) is 0 Å². The van der Waals surface area contributed by atoms with Gasteiger partial charge in [-0.15, -0.1) is 5.10 Å². The third-order valence-corrected chi connectivity index (χ3v) is 6.81. The highest BCUT2D eigenvalue weighted by atomic mass is 32.2. The summed E-state index contributed by atoms with van der Waals surface area (Å²) in [5.41, 5.74) is 4.38. The number of benzene rings is 3. The van der Waals surface area contributed by atoms with Crippen molar-refractivity contribution in [2.24, 2.45) is 0 Å². The van der Waals surface area contributed by atoms with Crippen LogP contribution in [0.4, 0.5) is 16.0 Å². The summed E-state index contributed by atoms with van der Waals surface area (Å²) in [6.45, 7) is 3.87. The number of para-hydroxylation sites is 1. The van der Waals surface area contributed by atoms with Crippen LogP contribution in [0.15, 0.2) is 95.3 Å². The van der Waals surface area contributed by atoms with Crippen LogP contribution in [-0.2, 0) is 10.5 Å². The van der Waals surface area contributed by atoms with Crippen molar-refractivity contribution >= 4 is 29.3 Å². The fourth-order valence-electron chi connectivity index (χ4n) is 4.11. The molecule has 0 bridgehead atoms. The van der Waals surface area contributed by atoms with E-state index in [2.05, 4.69) is 34.7 Å². The van der Waals surface area contributed by atoms with Crippen molar-refractivity contribution in [1.82, 2.24) is 14.8 Å². The number of allylic oxidation sites excluding steroid dienone is 1. The maximum atomic E-state index is 15.0. The van der Waals surface area contributed by atoms with Crippen LogP contribution in [0.1, 0.15) is 29.7 Å². The molecule has 0 spiro atoms. The summed E-state index contributed by atoms with van der Waals surface area (Å²) in [4.78, 5) is 18.1. The number of fused-ring (bicyclic) bond motifs is 1. The predicted octanol–water partition coefficient (Wildman–Crippen LogP) is 5.95. The minimum Gasteiger partial charge on any atom is -0.328 e. The molecule has 0 radical (unpaired) electrons. The zero-order valence-corrected chi connectivity index (χ0v) is 20.1. The van der Waals surface area contributed by atoms with Gasteiger partial charge < -0.3 is 10.6 Å². The molecular weight excluding hydrogens is 461 g/mol. The van der Waals surface area contributed by atoms with E-state index < -0.39 is 11.9 Å². The van der Waals surface area contributed by atoms with Gasteiger partial charge >= 0.3 is 0 Å². The average Bonchev–Trinajstić information content (AvgIpc) is 3.26. The molecule has 1 aliphatic rings. The minimum atomic E-state index is -0.767. The lowest BCUT2D eigenvalue weighted by atomic mass is 9.94. The van der Waals surface area contributed by atoms with Crippen molar-refractivity contribution < 1.29 is 9.18 Å². The molecule has 2 N–H and O–H groups in total. The Labute approximate surface area is 207 Å². The molecule has 176 valence electrons. The van der Waals surface area contributed by atoms with Gasteiger partial charge in [-0.3, -0.25) is 4.79 Å². The van der Waals surface area contributed by atoms with E-state index in [1.54, 1.807) is 29.8 Å². The molecule has 2 heterocycles. The highest BCUT2D eigenvalue weighted by Gasteiger charge is 2.35. The molecule has 0 saturated carbocycles. The number of nitrogens with one attached hydrogen (secondary N) is 2. The highest BCUT2D eigenvalue weighted by Crippen LogP contribution is 2.38. The largest absolute Gasteiger partial charge is 0.328 e. The molecule has 1 aliphatic heterocycles. The number of halogens is 1. The van der Waals surface area contributed by atoms with Gasteiger partial charge in [-0.2, -0.15) is 4.98 Å². The summed E-state index contributed by atoms with van der Waals surface area (Å²) in [7, 11) is 0. The van der Waals surface area contributed by atoms with Gasteiger partial charge in [0.15, 0.2) is 0 Å². The fraction of sp³-hybridized carbons (Fsp3) is 0.148. The number of rotatable bonds is 6. The molecule has 0 aliphatic carbocycles. The standard InChI is InChI=1S/C27H24FN5OS/c1-17-10-6-7-11-19(17)16-35-27-31-26-29-18(2)23(25(34)30-20-12-4-3-5-13-20)24(33(26)32-27)21-14-8-9-15-22(21)28/h3-15,24H,16H2,1-2H3,(H,30,34)(H,29,31,32)/t24-/m1/s1.